The van der Waals surface area contributed by atoms with E-state index in [2.05, 4.69) is 10.3 Å². The monoisotopic (exact) mass is 360 g/mol. The summed E-state index contributed by atoms with van der Waals surface area (Å²) < 4.78 is 10.4. The summed E-state index contributed by atoms with van der Waals surface area (Å²) in [5.74, 6) is -0.602. The van der Waals surface area contributed by atoms with Gasteiger partial charge in [0.15, 0.2) is 10.8 Å². The van der Waals surface area contributed by atoms with Crippen LogP contribution in [0.2, 0.25) is 0 Å². The second kappa shape index (κ2) is 7.76. The molecule has 1 aromatic carbocycles. The average molecular weight is 360 g/mol. The molecule has 2 aromatic rings. The minimum Gasteiger partial charge on any atom is -0.461 e. The van der Waals surface area contributed by atoms with Crippen LogP contribution in [-0.4, -0.2) is 36.7 Å². The van der Waals surface area contributed by atoms with Crippen molar-refractivity contribution in [2.75, 3.05) is 25.1 Å². The first-order valence-electron chi connectivity index (χ1n) is 8.23. The van der Waals surface area contributed by atoms with E-state index < -0.39 is 11.4 Å². The molecule has 25 heavy (non-hydrogen) atoms. The molecule has 0 bridgehead atoms. The van der Waals surface area contributed by atoms with Crippen LogP contribution in [0.4, 0.5) is 5.13 Å². The van der Waals surface area contributed by atoms with E-state index in [1.165, 1.54) is 11.3 Å². The lowest BCUT2D eigenvalue weighted by atomic mass is 9.73. The van der Waals surface area contributed by atoms with Crippen LogP contribution in [0.25, 0.3) is 0 Å². The smallest absolute Gasteiger partial charge is 0.357 e. The number of carbonyl (C=O) groups is 2. The van der Waals surface area contributed by atoms with Gasteiger partial charge in [-0.1, -0.05) is 30.3 Å². The minimum atomic E-state index is -0.644. The molecule has 132 valence electrons. The summed E-state index contributed by atoms with van der Waals surface area (Å²) in [5, 5.41) is 4.86. The van der Waals surface area contributed by atoms with Crippen molar-refractivity contribution < 1.29 is 19.1 Å². The minimum absolute atomic E-state index is 0.119. The van der Waals surface area contributed by atoms with Crippen molar-refractivity contribution in [2.24, 2.45) is 0 Å². The van der Waals surface area contributed by atoms with Crippen LogP contribution in [0.5, 0.6) is 0 Å². The van der Waals surface area contributed by atoms with Crippen LogP contribution in [-0.2, 0) is 19.7 Å². The van der Waals surface area contributed by atoms with Gasteiger partial charge in [0, 0.05) is 18.6 Å². The third kappa shape index (κ3) is 3.72. The summed E-state index contributed by atoms with van der Waals surface area (Å²) in [6, 6.07) is 9.73. The van der Waals surface area contributed by atoms with Gasteiger partial charge in [0.2, 0.25) is 5.91 Å². The third-order valence-electron chi connectivity index (χ3n) is 4.32. The molecule has 1 aliphatic rings. The highest BCUT2D eigenvalue weighted by atomic mass is 32.1. The van der Waals surface area contributed by atoms with Crippen LogP contribution in [0.3, 0.4) is 0 Å². The Bertz CT molecular complexity index is 739. The lowest BCUT2D eigenvalue weighted by Gasteiger charge is -2.35. The van der Waals surface area contributed by atoms with Crippen molar-refractivity contribution in [1.82, 2.24) is 4.98 Å². The number of hydrogen-bond acceptors (Lipinski definition) is 6. The molecule has 2 heterocycles. The normalized spacial score (nSPS) is 16.2. The molecule has 3 rings (SSSR count). The van der Waals surface area contributed by atoms with E-state index in [1.807, 2.05) is 30.3 Å². The fraction of sp³-hybridized carbons (Fsp3) is 0.389. The van der Waals surface area contributed by atoms with E-state index in [-0.39, 0.29) is 18.2 Å². The first-order valence-corrected chi connectivity index (χ1v) is 9.11. The number of carbonyl (C=O) groups excluding carboxylic acids is 2. The van der Waals surface area contributed by atoms with Crippen LogP contribution in [0.1, 0.15) is 35.8 Å². The summed E-state index contributed by atoms with van der Waals surface area (Å²) in [5.41, 5.74) is 0.538. The standard InChI is InChI=1S/C18H20N2O4S/c1-2-24-15(21)14-12-25-17(19-14)20-16(22)18(8-10-23-11-9-18)13-6-4-3-5-7-13/h3-7,12H,2,8-11H2,1H3,(H,19,20,22). The van der Waals surface area contributed by atoms with Crippen molar-refractivity contribution in [3.8, 4) is 0 Å². The molecule has 6 nitrogen and oxygen atoms in total. The number of amides is 1. The molecule has 1 fully saturated rings. The summed E-state index contributed by atoms with van der Waals surface area (Å²) in [6.45, 7) is 3.10. The van der Waals surface area contributed by atoms with Crippen LogP contribution < -0.4 is 5.32 Å². The van der Waals surface area contributed by atoms with Gasteiger partial charge < -0.3 is 14.8 Å². The van der Waals surface area contributed by atoms with Crippen molar-refractivity contribution in [2.45, 2.75) is 25.2 Å². The van der Waals surface area contributed by atoms with Gasteiger partial charge >= 0.3 is 5.97 Å². The van der Waals surface area contributed by atoms with E-state index in [0.29, 0.717) is 31.2 Å². The number of anilines is 1. The Kier molecular flexibility index (Phi) is 5.45. The van der Waals surface area contributed by atoms with Gasteiger partial charge in [-0.2, -0.15) is 0 Å². The van der Waals surface area contributed by atoms with Crippen molar-refractivity contribution in [3.05, 3.63) is 47.0 Å². The maximum absolute atomic E-state index is 13.1. The number of benzene rings is 1. The van der Waals surface area contributed by atoms with Crippen molar-refractivity contribution >= 4 is 28.3 Å². The second-order valence-electron chi connectivity index (χ2n) is 5.77. The summed E-state index contributed by atoms with van der Waals surface area (Å²) in [4.78, 5) is 29.0. The zero-order chi connectivity index (χ0) is 17.7. The molecule has 1 N–H and O–H groups in total. The Morgan fingerprint density at radius 2 is 2.00 bits per heavy atom. The highest BCUT2D eigenvalue weighted by molar-refractivity contribution is 7.14. The molecule has 0 spiro atoms. The fourth-order valence-corrected chi connectivity index (χ4v) is 3.65. The molecule has 0 unspecified atom stereocenters. The maximum atomic E-state index is 13.1. The molecule has 0 radical (unpaired) electrons. The summed E-state index contributed by atoms with van der Waals surface area (Å²) >= 11 is 1.21. The van der Waals surface area contributed by atoms with E-state index >= 15 is 0 Å². The number of aromatic nitrogens is 1. The number of thiazole rings is 1. The van der Waals surface area contributed by atoms with Crippen LogP contribution in [0, 0.1) is 0 Å². The molecular formula is C18H20N2O4S. The Labute approximate surface area is 150 Å². The molecule has 1 aliphatic heterocycles. The molecular weight excluding hydrogens is 340 g/mol. The van der Waals surface area contributed by atoms with E-state index in [0.717, 1.165) is 5.56 Å². The van der Waals surface area contributed by atoms with Gasteiger partial charge in [-0.3, -0.25) is 4.79 Å². The van der Waals surface area contributed by atoms with Gasteiger partial charge in [-0.15, -0.1) is 11.3 Å². The first-order chi connectivity index (χ1) is 12.2. The molecule has 0 aliphatic carbocycles. The SMILES string of the molecule is CCOC(=O)c1csc(NC(=O)C2(c3ccccc3)CCOCC2)n1. The van der Waals surface area contributed by atoms with Gasteiger partial charge in [-0.25, -0.2) is 9.78 Å². The molecule has 0 atom stereocenters. The van der Waals surface area contributed by atoms with Crippen molar-refractivity contribution in [3.63, 3.8) is 0 Å². The highest BCUT2D eigenvalue weighted by Gasteiger charge is 2.42. The van der Waals surface area contributed by atoms with Crippen molar-refractivity contribution in [1.29, 1.82) is 0 Å². The fourth-order valence-electron chi connectivity index (χ4n) is 2.97. The van der Waals surface area contributed by atoms with E-state index in [1.54, 1.807) is 12.3 Å². The summed E-state index contributed by atoms with van der Waals surface area (Å²) in [6.07, 6.45) is 1.22. The van der Waals surface area contributed by atoms with Gasteiger partial charge in [-0.05, 0) is 25.3 Å². The zero-order valence-electron chi connectivity index (χ0n) is 14.0. The topological polar surface area (TPSA) is 77.5 Å². The Hall–Kier alpha value is -2.25. The molecule has 1 aromatic heterocycles. The Morgan fingerprint density at radius 1 is 1.28 bits per heavy atom. The highest BCUT2D eigenvalue weighted by Crippen LogP contribution is 2.36. The number of esters is 1. The Morgan fingerprint density at radius 3 is 2.68 bits per heavy atom. The van der Waals surface area contributed by atoms with Gasteiger partial charge in [0.05, 0.1) is 12.0 Å². The molecule has 0 saturated carbocycles. The lowest BCUT2D eigenvalue weighted by molar-refractivity contribution is -0.125. The zero-order valence-corrected chi connectivity index (χ0v) is 14.8. The first kappa shape index (κ1) is 17.6. The summed E-state index contributed by atoms with van der Waals surface area (Å²) in [7, 11) is 0. The number of nitrogens with one attached hydrogen (secondary N) is 1. The second-order valence-corrected chi connectivity index (χ2v) is 6.63. The number of rotatable bonds is 5. The predicted molar refractivity (Wildman–Crippen MR) is 94.9 cm³/mol. The largest absolute Gasteiger partial charge is 0.461 e. The third-order valence-corrected chi connectivity index (χ3v) is 5.07. The van der Waals surface area contributed by atoms with Crippen LogP contribution in [0.15, 0.2) is 35.7 Å². The molecule has 1 saturated heterocycles. The Balaban J connectivity index is 1.81. The number of ether oxygens (including phenoxy) is 2. The van der Waals surface area contributed by atoms with Gasteiger partial charge in [0.1, 0.15) is 0 Å². The predicted octanol–water partition coefficient (Wildman–Crippen LogP) is 3.01. The quantitative estimate of drug-likeness (QED) is 0.830. The molecule has 1 amide bonds. The maximum Gasteiger partial charge on any atom is 0.357 e. The van der Waals surface area contributed by atoms with E-state index in [9.17, 15) is 9.59 Å². The van der Waals surface area contributed by atoms with Gasteiger partial charge in [0.25, 0.3) is 0 Å². The lowest BCUT2D eigenvalue weighted by Crippen LogP contribution is -2.44. The molecule has 7 heteroatoms. The average Bonchev–Trinajstić information content (AvgIpc) is 3.12. The van der Waals surface area contributed by atoms with E-state index in [4.69, 9.17) is 9.47 Å². The van der Waals surface area contributed by atoms with Crippen LogP contribution >= 0.6 is 11.3 Å². The number of hydrogen-bond donors (Lipinski definition) is 1. The number of nitrogens with zero attached hydrogens (tertiary/aromatic N) is 1.